The van der Waals surface area contributed by atoms with E-state index in [1.54, 1.807) is 0 Å². The number of carbonyl (C=O) groups is 1. The minimum absolute atomic E-state index is 0.135. The molecule has 2 unspecified atom stereocenters. The van der Waals surface area contributed by atoms with Gasteiger partial charge >= 0.3 is 0 Å². The molecule has 1 aromatic heterocycles. The number of H-pyrrole nitrogens is 1. The molecule has 1 fully saturated rings. The summed E-state index contributed by atoms with van der Waals surface area (Å²) in [6.07, 6.45) is 2.21. The number of hydrogen-bond donors (Lipinski definition) is 1. The maximum absolute atomic E-state index is 12.6. The van der Waals surface area contributed by atoms with Crippen molar-refractivity contribution in [2.45, 2.75) is 32.7 Å². The van der Waals surface area contributed by atoms with E-state index in [9.17, 15) is 4.79 Å². The van der Waals surface area contributed by atoms with Crippen LogP contribution in [0.5, 0.6) is 0 Å². The van der Waals surface area contributed by atoms with Crippen molar-refractivity contribution in [2.75, 3.05) is 6.54 Å². The largest absolute Gasteiger partial charge is 0.351 e. The number of para-hydroxylation sites is 1. The Labute approximate surface area is 113 Å². The van der Waals surface area contributed by atoms with Gasteiger partial charge in [-0.1, -0.05) is 25.1 Å². The summed E-state index contributed by atoms with van der Waals surface area (Å²) in [4.78, 5) is 17.8. The minimum Gasteiger partial charge on any atom is -0.351 e. The van der Waals surface area contributed by atoms with Crippen molar-refractivity contribution in [1.82, 2.24) is 9.88 Å². The van der Waals surface area contributed by atoms with Crippen LogP contribution in [-0.4, -0.2) is 28.4 Å². The number of hydrogen-bond acceptors (Lipinski definition) is 1. The van der Waals surface area contributed by atoms with Gasteiger partial charge < -0.3 is 9.88 Å². The fourth-order valence-electron chi connectivity index (χ4n) is 3.05. The molecule has 1 N–H and O–H groups in total. The molecule has 1 saturated heterocycles. The van der Waals surface area contributed by atoms with Gasteiger partial charge in [0.25, 0.3) is 5.91 Å². The summed E-state index contributed by atoms with van der Waals surface area (Å²) in [5.41, 5.74) is 1.74. The molecule has 1 amide bonds. The van der Waals surface area contributed by atoms with Gasteiger partial charge in [-0.2, -0.15) is 0 Å². The summed E-state index contributed by atoms with van der Waals surface area (Å²) in [5.74, 6) is 0.859. The molecule has 1 aliphatic rings. The smallest absolute Gasteiger partial charge is 0.270 e. The average molecular weight is 256 g/mol. The molecule has 100 valence electrons. The Bertz CT molecular complexity index is 569. The van der Waals surface area contributed by atoms with Crippen LogP contribution < -0.4 is 0 Å². The molecule has 19 heavy (non-hydrogen) atoms. The number of amides is 1. The van der Waals surface area contributed by atoms with Gasteiger partial charge in [-0.25, -0.2) is 0 Å². The maximum atomic E-state index is 12.6. The first kappa shape index (κ1) is 12.3. The summed E-state index contributed by atoms with van der Waals surface area (Å²) < 4.78 is 0. The predicted octanol–water partition coefficient (Wildman–Crippen LogP) is 3.43. The van der Waals surface area contributed by atoms with Crippen LogP contribution in [0.2, 0.25) is 0 Å². The summed E-state index contributed by atoms with van der Waals surface area (Å²) in [6, 6.07) is 10.3. The third kappa shape index (κ3) is 2.25. The van der Waals surface area contributed by atoms with Gasteiger partial charge in [-0.15, -0.1) is 0 Å². The SMILES string of the molecule is CC1CCN(C(=O)c2cc3ccccc3[nH]2)C(C)C1. The van der Waals surface area contributed by atoms with E-state index in [0.717, 1.165) is 36.2 Å². The molecule has 2 atom stereocenters. The van der Waals surface area contributed by atoms with Gasteiger partial charge in [0, 0.05) is 23.5 Å². The van der Waals surface area contributed by atoms with Gasteiger partial charge in [0.05, 0.1) is 0 Å². The summed E-state index contributed by atoms with van der Waals surface area (Å²) in [6.45, 7) is 5.29. The zero-order valence-corrected chi connectivity index (χ0v) is 11.5. The fourth-order valence-corrected chi connectivity index (χ4v) is 3.05. The Balaban J connectivity index is 1.87. The Morgan fingerprint density at radius 1 is 1.32 bits per heavy atom. The lowest BCUT2D eigenvalue weighted by molar-refractivity contribution is 0.0583. The van der Waals surface area contributed by atoms with E-state index in [0.29, 0.717) is 11.7 Å². The number of benzene rings is 1. The lowest BCUT2D eigenvalue weighted by atomic mass is 9.93. The van der Waals surface area contributed by atoms with Gasteiger partial charge in [-0.3, -0.25) is 4.79 Å². The minimum atomic E-state index is 0.135. The van der Waals surface area contributed by atoms with Crippen molar-refractivity contribution in [3.05, 3.63) is 36.0 Å². The second kappa shape index (κ2) is 4.72. The Hall–Kier alpha value is -1.77. The van der Waals surface area contributed by atoms with Crippen LogP contribution in [0.25, 0.3) is 10.9 Å². The average Bonchev–Trinajstić information content (AvgIpc) is 2.81. The molecule has 2 aromatic rings. The van der Waals surface area contributed by atoms with E-state index in [2.05, 4.69) is 18.8 Å². The highest BCUT2D eigenvalue weighted by molar-refractivity contribution is 5.98. The molecule has 1 aliphatic heterocycles. The number of aromatic nitrogens is 1. The quantitative estimate of drug-likeness (QED) is 0.833. The van der Waals surface area contributed by atoms with Crippen molar-refractivity contribution in [1.29, 1.82) is 0 Å². The van der Waals surface area contributed by atoms with E-state index < -0.39 is 0 Å². The van der Waals surface area contributed by atoms with Crippen LogP contribution >= 0.6 is 0 Å². The molecular weight excluding hydrogens is 236 g/mol. The third-order valence-corrected chi connectivity index (χ3v) is 4.16. The molecule has 3 heteroatoms. The molecule has 0 bridgehead atoms. The summed E-state index contributed by atoms with van der Waals surface area (Å²) in [7, 11) is 0. The maximum Gasteiger partial charge on any atom is 0.270 e. The number of carbonyl (C=O) groups excluding carboxylic acids is 1. The van der Waals surface area contributed by atoms with E-state index in [1.165, 1.54) is 0 Å². The third-order valence-electron chi connectivity index (χ3n) is 4.16. The number of piperidine rings is 1. The normalized spacial score (nSPS) is 23.8. The first-order valence-corrected chi connectivity index (χ1v) is 7.04. The first-order chi connectivity index (χ1) is 9.15. The highest BCUT2D eigenvalue weighted by atomic mass is 16.2. The Morgan fingerprint density at radius 2 is 2.11 bits per heavy atom. The van der Waals surface area contributed by atoms with Crippen molar-refractivity contribution in [3.63, 3.8) is 0 Å². The molecule has 2 heterocycles. The van der Waals surface area contributed by atoms with Crippen LogP contribution in [0.15, 0.2) is 30.3 Å². The molecule has 0 radical (unpaired) electrons. The van der Waals surface area contributed by atoms with E-state index >= 15 is 0 Å². The highest BCUT2D eigenvalue weighted by Gasteiger charge is 2.28. The predicted molar refractivity (Wildman–Crippen MR) is 77.2 cm³/mol. The Morgan fingerprint density at radius 3 is 2.84 bits per heavy atom. The second-order valence-corrected chi connectivity index (χ2v) is 5.75. The molecule has 0 spiro atoms. The van der Waals surface area contributed by atoms with Crippen molar-refractivity contribution >= 4 is 16.8 Å². The zero-order chi connectivity index (χ0) is 13.4. The monoisotopic (exact) mass is 256 g/mol. The lowest BCUT2D eigenvalue weighted by Gasteiger charge is -2.36. The molecule has 0 saturated carbocycles. The summed E-state index contributed by atoms with van der Waals surface area (Å²) >= 11 is 0. The van der Waals surface area contributed by atoms with Crippen molar-refractivity contribution < 1.29 is 4.79 Å². The summed E-state index contributed by atoms with van der Waals surface area (Å²) in [5, 5.41) is 1.10. The standard InChI is InChI=1S/C16H20N2O/c1-11-7-8-18(12(2)9-11)16(19)15-10-13-5-3-4-6-14(13)17-15/h3-6,10-12,17H,7-9H2,1-2H3. The number of rotatable bonds is 1. The van der Waals surface area contributed by atoms with Gasteiger partial charge in [0.15, 0.2) is 0 Å². The van der Waals surface area contributed by atoms with Gasteiger partial charge in [0.2, 0.25) is 0 Å². The van der Waals surface area contributed by atoms with Crippen LogP contribution in [0.1, 0.15) is 37.2 Å². The Kier molecular flexibility index (Phi) is 3.05. The van der Waals surface area contributed by atoms with Crippen molar-refractivity contribution in [2.24, 2.45) is 5.92 Å². The number of likely N-dealkylation sites (tertiary alicyclic amines) is 1. The van der Waals surface area contributed by atoms with Gasteiger partial charge in [-0.05, 0) is 37.8 Å². The topological polar surface area (TPSA) is 36.1 Å². The van der Waals surface area contributed by atoms with Crippen molar-refractivity contribution in [3.8, 4) is 0 Å². The van der Waals surface area contributed by atoms with E-state index in [4.69, 9.17) is 0 Å². The number of aromatic amines is 1. The van der Waals surface area contributed by atoms with Crippen LogP contribution in [0.4, 0.5) is 0 Å². The molecule has 0 aliphatic carbocycles. The molecule has 3 nitrogen and oxygen atoms in total. The molecule has 1 aromatic carbocycles. The van der Waals surface area contributed by atoms with Crippen LogP contribution in [0, 0.1) is 5.92 Å². The van der Waals surface area contributed by atoms with Crippen LogP contribution in [-0.2, 0) is 0 Å². The van der Waals surface area contributed by atoms with Gasteiger partial charge in [0.1, 0.15) is 5.69 Å². The van der Waals surface area contributed by atoms with E-state index in [1.807, 2.05) is 35.2 Å². The molecule has 3 rings (SSSR count). The van der Waals surface area contributed by atoms with E-state index in [-0.39, 0.29) is 5.91 Å². The fraction of sp³-hybridized carbons (Fsp3) is 0.438. The highest BCUT2D eigenvalue weighted by Crippen LogP contribution is 2.24. The molecular formula is C16H20N2O. The number of nitrogens with one attached hydrogen (secondary N) is 1. The first-order valence-electron chi connectivity index (χ1n) is 7.04. The van der Waals surface area contributed by atoms with Crippen LogP contribution in [0.3, 0.4) is 0 Å². The zero-order valence-electron chi connectivity index (χ0n) is 11.5. The number of nitrogens with zero attached hydrogens (tertiary/aromatic N) is 1. The number of fused-ring (bicyclic) bond motifs is 1. The lowest BCUT2D eigenvalue weighted by Crippen LogP contribution is -2.44. The second-order valence-electron chi connectivity index (χ2n) is 5.75.